The molecule has 31 heavy (non-hydrogen) atoms. The maximum absolute atomic E-state index is 14.7. The molecule has 0 aliphatic carbocycles. The van der Waals surface area contributed by atoms with Gasteiger partial charge >= 0.3 is 0 Å². The second kappa shape index (κ2) is 16.0. The van der Waals surface area contributed by atoms with Gasteiger partial charge in [0, 0.05) is 57.5 Å². The third-order valence-corrected chi connectivity index (χ3v) is 5.25. The van der Waals surface area contributed by atoms with Gasteiger partial charge in [-0.2, -0.15) is 0 Å². The summed E-state index contributed by atoms with van der Waals surface area (Å²) in [5.41, 5.74) is 0.503. The van der Waals surface area contributed by atoms with Crippen LogP contribution in [-0.2, 0) is 14.2 Å². The molecule has 2 unspecified atom stereocenters. The zero-order valence-electron chi connectivity index (χ0n) is 18.5. The van der Waals surface area contributed by atoms with Crippen molar-refractivity contribution in [3.05, 3.63) is 34.6 Å². The number of morpholine rings is 1. The summed E-state index contributed by atoms with van der Waals surface area (Å²) in [4.78, 5) is 6.48. The molecule has 2 rings (SSSR count). The van der Waals surface area contributed by atoms with E-state index in [-0.39, 0.29) is 41.9 Å². The fourth-order valence-electron chi connectivity index (χ4n) is 3.41. The van der Waals surface area contributed by atoms with Gasteiger partial charge in [0.25, 0.3) is 0 Å². The van der Waals surface area contributed by atoms with Crippen LogP contribution in [0.3, 0.4) is 0 Å². The Morgan fingerprint density at radius 1 is 1.35 bits per heavy atom. The third kappa shape index (κ3) is 9.75. The summed E-state index contributed by atoms with van der Waals surface area (Å²) in [5.74, 6) is 0.357. The zero-order chi connectivity index (χ0) is 21.8. The van der Waals surface area contributed by atoms with Crippen molar-refractivity contribution in [3.63, 3.8) is 0 Å². The van der Waals surface area contributed by atoms with Crippen LogP contribution in [0.2, 0.25) is 5.02 Å². The van der Waals surface area contributed by atoms with E-state index >= 15 is 0 Å². The van der Waals surface area contributed by atoms with Crippen LogP contribution in [0.15, 0.2) is 23.2 Å². The van der Waals surface area contributed by atoms with Crippen molar-refractivity contribution in [3.8, 4) is 0 Å². The number of halogens is 3. The number of nitrogens with zero attached hydrogens (tertiary/aromatic N) is 2. The van der Waals surface area contributed by atoms with Gasteiger partial charge in [-0.25, -0.2) is 4.39 Å². The SMILES string of the molecule is CN=C(NCCCOCCOC)NCC(c1c(F)cccc1Cl)N1CCOC(C)C1.I. The van der Waals surface area contributed by atoms with E-state index in [1.54, 1.807) is 26.3 Å². The molecular formula is C21H35ClFIN4O3. The van der Waals surface area contributed by atoms with Crippen LogP contribution < -0.4 is 10.6 Å². The number of hydrogen-bond acceptors (Lipinski definition) is 5. The van der Waals surface area contributed by atoms with E-state index in [9.17, 15) is 4.39 Å². The quantitative estimate of drug-likeness (QED) is 0.184. The van der Waals surface area contributed by atoms with Crippen LogP contribution in [0.1, 0.15) is 24.9 Å². The van der Waals surface area contributed by atoms with Crippen LogP contribution in [0.4, 0.5) is 4.39 Å². The highest BCUT2D eigenvalue weighted by Gasteiger charge is 2.29. The molecule has 0 radical (unpaired) electrons. The van der Waals surface area contributed by atoms with Crippen LogP contribution in [0.5, 0.6) is 0 Å². The first kappa shape index (κ1) is 28.3. The molecule has 1 aromatic carbocycles. The van der Waals surface area contributed by atoms with Crippen molar-refractivity contribution in [2.24, 2.45) is 4.99 Å². The van der Waals surface area contributed by atoms with Crippen LogP contribution in [0, 0.1) is 5.82 Å². The number of hydrogen-bond donors (Lipinski definition) is 2. The van der Waals surface area contributed by atoms with E-state index in [1.807, 2.05) is 6.92 Å². The molecule has 0 amide bonds. The first-order chi connectivity index (χ1) is 14.6. The molecule has 1 aromatic rings. The average molecular weight is 573 g/mol. The predicted molar refractivity (Wildman–Crippen MR) is 133 cm³/mol. The number of ether oxygens (including phenoxy) is 3. The van der Waals surface area contributed by atoms with Crippen molar-refractivity contribution in [2.45, 2.75) is 25.5 Å². The molecule has 0 saturated carbocycles. The number of methoxy groups -OCH3 is 1. The molecule has 1 saturated heterocycles. The highest BCUT2D eigenvalue weighted by atomic mass is 127. The van der Waals surface area contributed by atoms with Gasteiger partial charge in [0.15, 0.2) is 5.96 Å². The summed E-state index contributed by atoms with van der Waals surface area (Å²) >= 11 is 6.39. The first-order valence-corrected chi connectivity index (χ1v) is 10.7. The van der Waals surface area contributed by atoms with E-state index < -0.39 is 0 Å². The fourth-order valence-corrected chi connectivity index (χ4v) is 3.70. The number of aliphatic imine (C=N–C) groups is 1. The van der Waals surface area contributed by atoms with Gasteiger partial charge in [0.2, 0.25) is 0 Å². The number of nitrogens with one attached hydrogen (secondary N) is 2. The standard InChI is InChI=1S/C21H34ClFN4O3.HI/c1-16-15-27(9-11-30-16)19(20-17(22)6-4-7-18(20)23)14-26-21(24-2)25-8-5-10-29-13-12-28-3;/h4,6-7,16,19H,5,8-15H2,1-3H3,(H2,24,25,26);1H. The third-order valence-electron chi connectivity index (χ3n) is 4.92. The largest absolute Gasteiger partial charge is 0.382 e. The lowest BCUT2D eigenvalue weighted by molar-refractivity contribution is -0.0343. The van der Waals surface area contributed by atoms with Gasteiger partial charge in [-0.3, -0.25) is 9.89 Å². The minimum Gasteiger partial charge on any atom is -0.382 e. The molecule has 178 valence electrons. The smallest absolute Gasteiger partial charge is 0.191 e. The van der Waals surface area contributed by atoms with Crippen LogP contribution in [0.25, 0.3) is 0 Å². The van der Waals surface area contributed by atoms with Gasteiger partial charge in [-0.05, 0) is 25.5 Å². The Kier molecular flexibility index (Phi) is 14.6. The average Bonchev–Trinajstić information content (AvgIpc) is 2.73. The van der Waals surface area contributed by atoms with Gasteiger partial charge < -0.3 is 24.8 Å². The Morgan fingerprint density at radius 3 is 2.84 bits per heavy atom. The summed E-state index contributed by atoms with van der Waals surface area (Å²) in [5, 5.41) is 7.01. The van der Waals surface area contributed by atoms with Gasteiger partial charge in [0.05, 0.1) is 32.0 Å². The molecule has 2 N–H and O–H groups in total. The monoisotopic (exact) mass is 572 g/mol. The summed E-state index contributed by atoms with van der Waals surface area (Å²) in [6.07, 6.45) is 0.927. The first-order valence-electron chi connectivity index (χ1n) is 10.4. The van der Waals surface area contributed by atoms with Crippen molar-refractivity contribution < 1.29 is 18.6 Å². The highest BCUT2D eigenvalue weighted by molar-refractivity contribution is 14.0. The fraction of sp³-hybridized carbons (Fsp3) is 0.667. The zero-order valence-corrected chi connectivity index (χ0v) is 21.6. The van der Waals surface area contributed by atoms with E-state index in [0.717, 1.165) is 6.42 Å². The molecule has 0 spiro atoms. The summed E-state index contributed by atoms with van der Waals surface area (Å²) in [6.45, 7) is 7.07. The topological polar surface area (TPSA) is 67.4 Å². The Balaban J connectivity index is 0.00000480. The minimum atomic E-state index is -0.301. The molecule has 1 aliphatic heterocycles. The summed E-state index contributed by atoms with van der Waals surface area (Å²) in [6, 6.07) is 4.58. The number of benzene rings is 1. The molecule has 2 atom stereocenters. The van der Waals surface area contributed by atoms with Gasteiger partial charge in [0.1, 0.15) is 5.82 Å². The molecule has 0 aromatic heterocycles. The van der Waals surface area contributed by atoms with E-state index in [1.165, 1.54) is 6.07 Å². The second-order valence-electron chi connectivity index (χ2n) is 7.17. The normalized spacial score (nSPS) is 18.4. The highest BCUT2D eigenvalue weighted by Crippen LogP contribution is 2.31. The summed E-state index contributed by atoms with van der Waals surface area (Å²) < 4.78 is 30.8. The molecule has 1 aliphatic rings. The Labute approximate surface area is 207 Å². The van der Waals surface area contributed by atoms with Gasteiger partial charge in [-0.1, -0.05) is 17.7 Å². The lowest BCUT2D eigenvalue weighted by atomic mass is 10.0. The molecule has 1 fully saturated rings. The lowest BCUT2D eigenvalue weighted by Crippen LogP contribution is -2.48. The van der Waals surface area contributed by atoms with Crippen LogP contribution in [-0.4, -0.2) is 83.7 Å². The van der Waals surface area contributed by atoms with Crippen LogP contribution >= 0.6 is 35.6 Å². The maximum Gasteiger partial charge on any atom is 0.191 e. The molecule has 0 bridgehead atoms. The number of rotatable bonds is 11. The van der Waals surface area contributed by atoms with Crippen molar-refractivity contribution in [1.82, 2.24) is 15.5 Å². The van der Waals surface area contributed by atoms with E-state index in [2.05, 4.69) is 20.5 Å². The number of guanidine groups is 1. The molecule has 1 heterocycles. The van der Waals surface area contributed by atoms with Crippen molar-refractivity contribution in [2.75, 3.05) is 66.8 Å². The van der Waals surface area contributed by atoms with Crippen molar-refractivity contribution in [1.29, 1.82) is 0 Å². The van der Waals surface area contributed by atoms with E-state index in [4.69, 9.17) is 25.8 Å². The Bertz CT molecular complexity index is 651. The minimum absolute atomic E-state index is 0. The Morgan fingerprint density at radius 2 is 2.16 bits per heavy atom. The molecule has 10 heteroatoms. The van der Waals surface area contributed by atoms with Gasteiger partial charge in [-0.15, -0.1) is 24.0 Å². The Hall–Kier alpha value is -0.720. The molecule has 7 nitrogen and oxygen atoms in total. The second-order valence-corrected chi connectivity index (χ2v) is 7.57. The summed E-state index contributed by atoms with van der Waals surface area (Å²) in [7, 11) is 3.37. The maximum atomic E-state index is 14.7. The predicted octanol–water partition coefficient (Wildman–Crippen LogP) is 3.08. The van der Waals surface area contributed by atoms with E-state index in [0.29, 0.717) is 69.2 Å². The lowest BCUT2D eigenvalue weighted by Gasteiger charge is -2.38. The van der Waals surface area contributed by atoms with Crippen molar-refractivity contribution >= 4 is 41.5 Å². The molecular weight excluding hydrogens is 538 g/mol.